The number of carboxylic acid groups (broad SMARTS) is 1. The number of alkyl halides is 9. The van der Waals surface area contributed by atoms with E-state index in [9.17, 15) is 44.3 Å². The van der Waals surface area contributed by atoms with Crippen LogP contribution in [0.4, 0.5) is 39.5 Å². The van der Waals surface area contributed by atoms with Gasteiger partial charge in [0.1, 0.15) is 0 Å². The van der Waals surface area contributed by atoms with Crippen molar-refractivity contribution in [1.82, 2.24) is 5.48 Å². The molecule has 2 N–H and O–H groups in total. The molecular formula is C20H12F9NO3. The van der Waals surface area contributed by atoms with Gasteiger partial charge in [0.25, 0.3) is 0 Å². The zero-order chi connectivity index (χ0) is 25.0. The summed E-state index contributed by atoms with van der Waals surface area (Å²) in [6.45, 7) is 1.35. The van der Waals surface area contributed by atoms with Gasteiger partial charge in [-0.15, -0.1) is 0 Å². The molecule has 0 amide bonds. The highest BCUT2D eigenvalue weighted by molar-refractivity contribution is 5.90. The number of carboxylic acids is 1. The molecule has 0 aliphatic carbocycles. The minimum absolute atomic E-state index is 0.0355. The summed E-state index contributed by atoms with van der Waals surface area (Å²) in [5.41, 5.74) is -7.61. The average molecular weight is 485 g/mol. The molecule has 1 heterocycles. The molecule has 178 valence electrons. The van der Waals surface area contributed by atoms with Crippen LogP contribution in [0.15, 0.2) is 42.5 Å². The molecule has 1 atom stereocenters. The Bertz CT molecular complexity index is 1100. The number of rotatable bonds is 3. The van der Waals surface area contributed by atoms with Gasteiger partial charge in [0.2, 0.25) is 5.60 Å². The molecule has 2 aromatic carbocycles. The summed E-state index contributed by atoms with van der Waals surface area (Å²) in [4.78, 5) is 15.7. The molecule has 3 rings (SSSR count). The van der Waals surface area contributed by atoms with Crippen molar-refractivity contribution in [1.29, 1.82) is 0 Å². The molecule has 0 radical (unpaired) electrons. The highest BCUT2D eigenvalue weighted by atomic mass is 19.4. The quantitative estimate of drug-likeness (QED) is 0.519. The predicted molar refractivity (Wildman–Crippen MR) is 94.5 cm³/mol. The third-order valence-corrected chi connectivity index (χ3v) is 4.88. The first-order valence-electron chi connectivity index (χ1n) is 8.83. The van der Waals surface area contributed by atoms with Crippen LogP contribution in [0.3, 0.4) is 0 Å². The van der Waals surface area contributed by atoms with Crippen molar-refractivity contribution < 1.29 is 54.3 Å². The summed E-state index contributed by atoms with van der Waals surface area (Å²) in [5, 5.41) is 9.06. The maximum atomic E-state index is 14.0. The van der Waals surface area contributed by atoms with Crippen LogP contribution >= 0.6 is 0 Å². The second-order valence-corrected chi connectivity index (χ2v) is 7.12. The Balaban J connectivity index is 2.23. The van der Waals surface area contributed by atoms with E-state index in [1.807, 2.05) is 5.48 Å². The number of halogens is 9. The summed E-state index contributed by atoms with van der Waals surface area (Å²) < 4.78 is 121. The molecule has 0 saturated carbocycles. The highest BCUT2D eigenvalue weighted by Gasteiger charge is 2.60. The fourth-order valence-corrected chi connectivity index (χ4v) is 3.23. The van der Waals surface area contributed by atoms with E-state index in [-0.39, 0.29) is 34.9 Å². The van der Waals surface area contributed by atoms with Crippen LogP contribution in [0.1, 0.15) is 38.2 Å². The van der Waals surface area contributed by atoms with Crippen LogP contribution in [0.25, 0.3) is 5.70 Å². The highest BCUT2D eigenvalue weighted by Crippen LogP contribution is 2.49. The van der Waals surface area contributed by atoms with Gasteiger partial charge in [0, 0.05) is 5.56 Å². The van der Waals surface area contributed by atoms with Crippen molar-refractivity contribution in [3.63, 3.8) is 0 Å². The van der Waals surface area contributed by atoms with Gasteiger partial charge in [0.15, 0.2) is 0 Å². The van der Waals surface area contributed by atoms with Crippen molar-refractivity contribution in [2.45, 2.75) is 31.1 Å². The summed E-state index contributed by atoms with van der Waals surface area (Å²) >= 11 is 0. The SMILES string of the molecule is Cc1cc(C2=CC(c3cc(C(F)(F)F)cc(C(F)(F)F)c3)(C(F)(F)F)ON2)ccc1C(=O)O. The Labute approximate surface area is 179 Å². The number of aryl methyl sites for hydroxylation is 1. The van der Waals surface area contributed by atoms with E-state index in [2.05, 4.69) is 4.84 Å². The summed E-state index contributed by atoms with van der Waals surface area (Å²) in [7, 11) is 0. The predicted octanol–water partition coefficient (Wildman–Crippen LogP) is 6.06. The third-order valence-electron chi connectivity index (χ3n) is 4.88. The Morgan fingerprint density at radius 2 is 1.45 bits per heavy atom. The molecule has 0 aromatic heterocycles. The first-order valence-corrected chi connectivity index (χ1v) is 8.83. The van der Waals surface area contributed by atoms with Gasteiger partial charge in [-0.05, 0) is 54.5 Å². The lowest BCUT2D eigenvalue weighted by Crippen LogP contribution is -2.43. The standard InChI is InChI=1S/C20H12F9NO3/c1-9-4-10(2-3-14(9)16(31)32)15-8-17(33-30-15,20(27,28)29)11-5-12(18(21,22)23)7-13(6-11)19(24,25)26/h2-8,30H,1H3,(H,31,32). The molecule has 4 nitrogen and oxygen atoms in total. The first-order chi connectivity index (χ1) is 15.0. The first kappa shape index (κ1) is 24.4. The number of benzene rings is 2. The molecule has 1 aliphatic heterocycles. The lowest BCUT2D eigenvalue weighted by molar-refractivity contribution is -0.269. The minimum Gasteiger partial charge on any atom is -0.478 e. The zero-order valence-electron chi connectivity index (χ0n) is 16.2. The normalized spacial score (nSPS) is 19.3. The van der Waals surface area contributed by atoms with E-state index < -0.39 is 52.5 Å². The average Bonchev–Trinajstić information content (AvgIpc) is 3.13. The molecule has 2 aromatic rings. The molecule has 0 fully saturated rings. The number of carbonyl (C=O) groups is 1. The monoisotopic (exact) mass is 485 g/mol. The Hall–Kier alpha value is -3.22. The van der Waals surface area contributed by atoms with Crippen LogP contribution < -0.4 is 5.48 Å². The van der Waals surface area contributed by atoms with Gasteiger partial charge in [-0.2, -0.15) is 39.5 Å². The van der Waals surface area contributed by atoms with E-state index in [0.717, 1.165) is 12.1 Å². The van der Waals surface area contributed by atoms with Crippen molar-refractivity contribution in [2.24, 2.45) is 0 Å². The van der Waals surface area contributed by atoms with Crippen molar-refractivity contribution in [2.75, 3.05) is 0 Å². The van der Waals surface area contributed by atoms with Crippen LogP contribution in [0.2, 0.25) is 0 Å². The van der Waals surface area contributed by atoms with Gasteiger partial charge >= 0.3 is 24.5 Å². The summed E-state index contributed by atoms with van der Waals surface area (Å²) in [6, 6.07) is 2.93. The van der Waals surface area contributed by atoms with Crippen LogP contribution in [0, 0.1) is 6.92 Å². The summed E-state index contributed by atoms with van der Waals surface area (Å²) in [5.74, 6) is -1.31. The molecule has 33 heavy (non-hydrogen) atoms. The topological polar surface area (TPSA) is 58.6 Å². The molecule has 1 aliphatic rings. The summed E-state index contributed by atoms with van der Waals surface area (Å²) in [6.07, 6.45) is -15.9. The minimum atomic E-state index is -5.48. The van der Waals surface area contributed by atoms with Crippen LogP contribution in [-0.4, -0.2) is 17.3 Å². The number of hydrogen-bond acceptors (Lipinski definition) is 3. The van der Waals surface area contributed by atoms with Gasteiger partial charge in [-0.3, -0.25) is 10.3 Å². The van der Waals surface area contributed by atoms with Gasteiger partial charge < -0.3 is 5.11 Å². The Kier molecular flexibility index (Phi) is 5.68. The number of aromatic carboxylic acids is 1. The molecule has 0 spiro atoms. The van der Waals surface area contributed by atoms with Crippen molar-refractivity contribution in [3.05, 3.63) is 75.9 Å². The van der Waals surface area contributed by atoms with E-state index in [4.69, 9.17) is 5.11 Å². The van der Waals surface area contributed by atoms with E-state index in [1.54, 1.807) is 0 Å². The maximum absolute atomic E-state index is 14.0. The van der Waals surface area contributed by atoms with E-state index >= 15 is 0 Å². The maximum Gasteiger partial charge on any atom is 0.428 e. The fourth-order valence-electron chi connectivity index (χ4n) is 3.23. The lowest BCUT2D eigenvalue weighted by atomic mass is 9.88. The van der Waals surface area contributed by atoms with E-state index in [1.165, 1.54) is 13.0 Å². The second-order valence-electron chi connectivity index (χ2n) is 7.12. The van der Waals surface area contributed by atoms with Gasteiger partial charge in [-0.25, -0.2) is 4.79 Å². The second kappa shape index (κ2) is 7.68. The van der Waals surface area contributed by atoms with Crippen molar-refractivity contribution in [3.8, 4) is 0 Å². The van der Waals surface area contributed by atoms with E-state index in [0.29, 0.717) is 6.08 Å². The van der Waals surface area contributed by atoms with Gasteiger partial charge in [0.05, 0.1) is 22.4 Å². The number of nitrogens with one attached hydrogen (secondary N) is 1. The fraction of sp³-hybridized carbons (Fsp3) is 0.250. The van der Waals surface area contributed by atoms with Gasteiger partial charge in [-0.1, -0.05) is 6.07 Å². The molecular weight excluding hydrogens is 473 g/mol. The largest absolute Gasteiger partial charge is 0.478 e. The lowest BCUT2D eigenvalue weighted by Gasteiger charge is -2.29. The molecule has 1 unspecified atom stereocenters. The number of hydroxylamine groups is 1. The third kappa shape index (κ3) is 4.49. The molecule has 0 bridgehead atoms. The molecule has 0 saturated heterocycles. The Morgan fingerprint density at radius 1 is 0.909 bits per heavy atom. The zero-order valence-corrected chi connectivity index (χ0v) is 16.2. The van der Waals surface area contributed by atoms with Crippen LogP contribution in [0.5, 0.6) is 0 Å². The number of hydrogen-bond donors (Lipinski definition) is 2. The molecule has 13 heteroatoms. The smallest absolute Gasteiger partial charge is 0.428 e. The van der Waals surface area contributed by atoms with Crippen molar-refractivity contribution >= 4 is 11.7 Å². The van der Waals surface area contributed by atoms with Crippen LogP contribution in [-0.2, 0) is 22.8 Å². The Morgan fingerprint density at radius 3 is 1.88 bits per heavy atom.